The molecule has 3 atom stereocenters. The summed E-state index contributed by atoms with van der Waals surface area (Å²) in [6, 6.07) is 1.25. The first kappa shape index (κ1) is 10.4. The SMILES string of the molecule is CC1(C)CCCC1N[C@H]1CC[C@@H](O)C1. The van der Waals surface area contributed by atoms with E-state index in [9.17, 15) is 5.11 Å². The van der Waals surface area contributed by atoms with Gasteiger partial charge in [-0.1, -0.05) is 20.3 Å². The molecule has 2 heteroatoms. The molecular weight excluding hydrogens is 174 g/mol. The lowest BCUT2D eigenvalue weighted by molar-refractivity contribution is 0.175. The average Bonchev–Trinajstić information content (AvgIpc) is 2.61. The summed E-state index contributed by atoms with van der Waals surface area (Å²) in [6.07, 6.45) is 7.10. The minimum Gasteiger partial charge on any atom is -0.393 e. The summed E-state index contributed by atoms with van der Waals surface area (Å²) in [4.78, 5) is 0. The van der Waals surface area contributed by atoms with E-state index in [0.717, 1.165) is 19.3 Å². The molecule has 14 heavy (non-hydrogen) atoms. The zero-order valence-corrected chi connectivity index (χ0v) is 9.42. The summed E-state index contributed by atoms with van der Waals surface area (Å²) in [6.45, 7) is 4.73. The van der Waals surface area contributed by atoms with Gasteiger partial charge in [-0.25, -0.2) is 0 Å². The van der Waals surface area contributed by atoms with E-state index >= 15 is 0 Å². The summed E-state index contributed by atoms with van der Waals surface area (Å²) >= 11 is 0. The van der Waals surface area contributed by atoms with Crippen LogP contribution in [-0.2, 0) is 0 Å². The Balaban J connectivity index is 1.85. The van der Waals surface area contributed by atoms with Gasteiger partial charge >= 0.3 is 0 Å². The summed E-state index contributed by atoms with van der Waals surface area (Å²) < 4.78 is 0. The second-order valence-electron chi connectivity index (χ2n) is 5.76. The predicted octanol–water partition coefficient (Wildman–Crippen LogP) is 2.07. The highest BCUT2D eigenvalue weighted by molar-refractivity contribution is 4.93. The van der Waals surface area contributed by atoms with Gasteiger partial charge in [-0.15, -0.1) is 0 Å². The van der Waals surface area contributed by atoms with E-state index in [1.807, 2.05) is 0 Å². The normalized spacial score (nSPS) is 41.8. The van der Waals surface area contributed by atoms with Gasteiger partial charge in [0.25, 0.3) is 0 Å². The van der Waals surface area contributed by atoms with Crippen LogP contribution in [-0.4, -0.2) is 23.3 Å². The molecule has 2 N–H and O–H groups in total. The molecule has 2 fully saturated rings. The first-order chi connectivity index (χ1) is 6.58. The van der Waals surface area contributed by atoms with Crippen molar-refractivity contribution in [3.63, 3.8) is 0 Å². The monoisotopic (exact) mass is 197 g/mol. The summed E-state index contributed by atoms with van der Waals surface area (Å²) in [5, 5.41) is 13.2. The molecule has 2 aliphatic rings. The van der Waals surface area contributed by atoms with Crippen molar-refractivity contribution in [2.75, 3.05) is 0 Å². The van der Waals surface area contributed by atoms with E-state index in [2.05, 4.69) is 19.2 Å². The molecule has 0 bridgehead atoms. The minimum absolute atomic E-state index is 0.0444. The topological polar surface area (TPSA) is 32.3 Å². The molecule has 2 saturated carbocycles. The molecule has 2 aliphatic carbocycles. The fourth-order valence-electron chi connectivity index (χ4n) is 3.03. The van der Waals surface area contributed by atoms with E-state index < -0.39 is 0 Å². The van der Waals surface area contributed by atoms with Crippen LogP contribution in [0.4, 0.5) is 0 Å². The maximum atomic E-state index is 9.46. The van der Waals surface area contributed by atoms with Crippen LogP contribution in [0.3, 0.4) is 0 Å². The highest BCUT2D eigenvalue weighted by Crippen LogP contribution is 2.38. The molecule has 1 unspecified atom stereocenters. The zero-order chi connectivity index (χ0) is 10.2. The van der Waals surface area contributed by atoms with Crippen LogP contribution in [0.25, 0.3) is 0 Å². The van der Waals surface area contributed by atoms with Crippen LogP contribution in [0, 0.1) is 5.41 Å². The molecule has 2 nitrogen and oxygen atoms in total. The van der Waals surface area contributed by atoms with E-state index in [4.69, 9.17) is 0 Å². The third-order valence-electron chi connectivity index (χ3n) is 4.10. The lowest BCUT2D eigenvalue weighted by Gasteiger charge is -2.30. The number of rotatable bonds is 2. The van der Waals surface area contributed by atoms with Crippen molar-refractivity contribution in [2.45, 2.75) is 70.6 Å². The summed E-state index contributed by atoms with van der Waals surface area (Å²) in [5.41, 5.74) is 0.466. The van der Waals surface area contributed by atoms with E-state index in [-0.39, 0.29) is 6.10 Å². The quantitative estimate of drug-likeness (QED) is 0.710. The number of nitrogens with one attached hydrogen (secondary N) is 1. The Bertz CT molecular complexity index is 202. The number of hydrogen-bond acceptors (Lipinski definition) is 2. The smallest absolute Gasteiger partial charge is 0.0555 e. The molecule has 0 aromatic carbocycles. The van der Waals surface area contributed by atoms with Crippen LogP contribution in [0.5, 0.6) is 0 Å². The van der Waals surface area contributed by atoms with Crippen LogP contribution >= 0.6 is 0 Å². The van der Waals surface area contributed by atoms with Crippen molar-refractivity contribution in [1.29, 1.82) is 0 Å². The van der Waals surface area contributed by atoms with Gasteiger partial charge in [0.05, 0.1) is 6.10 Å². The fraction of sp³-hybridized carbons (Fsp3) is 1.00. The molecular formula is C12H23NO. The predicted molar refractivity (Wildman–Crippen MR) is 58.2 cm³/mol. The summed E-state index contributed by atoms with van der Waals surface area (Å²) in [5.74, 6) is 0. The Labute approximate surface area is 87.1 Å². The molecule has 0 saturated heterocycles. The molecule has 0 spiro atoms. The Morgan fingerprint density at radius 2 is 2.00 bits per heavy atom. The average molecular weight is 197 g/mol. The van der Waals surface area contributed by atoms with Crippen LogP contribution in [0.15, 0.2) is 0 Å². The largest absolute Gasteiger partial charge is 0.393 e. The van der Waals surface area contributed by atoms with Crippen LogP contribution in [0.1, 0.15) is 52.4 Å². The van der Waals surface area contributed by atoms with Gasteiger partial charge in [0.2, 0.25) is 0 Å². The Kier molecular flexibility index (Phi) is 2.85. The highest BCUT2D eigenvalue weighted by atomic mass is 16.3. The molecule has 0 aromatic heterocycles. The van der Waals surface area contributed by atoms with Gasteiger partial charge < -0.3 is 10.4 Å². The zero-order valence-electron chi connectivity index (χ0n) is 9.42. The van der Waals surface area contributed by atoms with E-state index in [0.29, 0.717) is 17.5 Å². The van der Waals surface area contributed by atoms with E-state index in [1.165, 1.54) is 19.3 Å². The standard InChI is InChI=1S/C12H23NO/c1-12(2)7-3-4-11(12)13-9-5-6-10(14)8-9/h9-11,13-14H,3-8H2,1-2H3/t9-,10+,11?/m0/s1. The van der Waals surface area contributed by atoms with Crippen molar-refractivity contribution in [3.8, 4) is 0 Å². The van der Waals surface area contributed by atoms with Crippen molar-refractivity contribution in [3.05, 3.63) is 0 Å². The van der Waals surface area contributed by atoms with Gasteiger partial charge in [-0.05, 0) is 37.5 Å². The second kappa shape index (κ2) is 3.82. The number of aliphatic hydroxyl groups excluding tert-OH is 1. The van der Waals surface area contributed by atoms with Gasteiger partial charge in [0, 0.05) is 12.1 Å². The lowest BCUT2D eigenvalue weighted by atomic mass is 9.87. The van der Waals surface area contributed by atoms with Gasteiger partial charge in [-0.3, -0.25) is 0 Å². The second-order valence-corrected chi connectivity index (χ2v) is 5.76. The number of aliphatic hydroxyl groups is 1. The van der Waals surface area contributed by atoms with Crippen molar-refractivity contribution < 1.29 is 5.11 Å². The minimum atomic E-state index is -0.0444. The lowest BCUT2D eigenvalue weighted by Crippen LogP contribution is -2.43. The number of hydrogen-bond donors (Lipinski definition) is 2. The fourth-order valence-corrected chi connectivity index (χ4v) is 3.03. The molecule has 0 aromatic rings. The Morgan fingerprint density at radius 1 is 1.21 bits per heavy atom. The third-order valence-corrected chi connectivity index (χ3v) is 4.10. The molecule has 0 aliphatic heterocycles. The first-order valence-electron chi connectivity index (χ1n) is 6.02. The first-order valence-corrected chi connectivity index (χ1v) is 6.02. The Morgan fingerprint density at radius 3 is 2.50 bits per heavy atom. The highest BCUT2D eigenvalue weighted by Gasteiger charge is 2.36. The van der Waals surface area contributed by atoms with Crippen molar-refractivity contribution in [1.82, 2.24) is 5.32 Å². The van der Waals surface area contributed by atoms with E-state index in [1.54, 1.807) is 0 Å². The van der Waals surface area contributed by atoms with Crippen LogP contribution < -0.4 is 5.32 Å². The maximum Gasteiger partial charge on any atom is 0.0555 e. The molecule has 0 heterocycles. The molecule has 2 rings (SSSR count). The van der Waals surface area contributed by atoms with Crippen LogP contribution in [0.2, 0.25) is 0 Å². The van der Waals surface area contributed by atoms with Gasteiger partial charge in [0.15, 0.2) is 0 Å². The molecule has 0 amide bonds. The summed E-state index contributed by atoms with van der Waals surface area (Å²) in [7, 11) is 0. The van der Waals surface area contributed by atoms with Gasteiger partial charge in [0.1, 0.15) is 0 Å². The van der Waals surface area contributed by atoms with Crippen molar-refractivity contribution >= 4 is 0 Å². The molecule has 0 radical (unpaired) electrons. The third kappa shape index (κ3) is 2.12. The van der Waals surface area contributed by atoms with Gasteiger partial charge in [-0.2, -0.15) is 0 Å². The van der Waals surface area contributed by atoms with Crippen molar-refractivity contribution in [2.24, 2.45) is 5.41 Å². The maximum absolute atomic E-state index is 9.46. The molecule has 82 valence electrons. The Hall–Kier alpha value is -0.0800.